The number of hydrazone groups is 1. The first-order valence-electron chi connectivity index (χ1n) is 11.1. The van der Waals surface area contributed by atoms with E-state index in [9.17, 15) is 0 Å². The number of aryl methyl sites for hydroxylation is 1. The molecule has 2 aromatic rings. The maximum absolute atomic E-state index is 6.75. The Morgan fingerprint density at radius 2 is 1.90 bits per heavy atom. The molecule has 0 aliphatic carbocycles. The summed E-state index contributed by atoms with van der Waals surface area (Å²) in [6.07, 6.45) is 4.07. The fraction of sp³-hybridized carbons (Fsp3) is 0.480. The van der Waals surface area contributed by atoms with E-state index in [2.05, 4.69) is 54.1 Å². The van der Waals surface area contributed by atoms with Crippen molar-refractivity contribution in [1.29, 1.82) is 0 Å². The molecule has 1 fully saturated rings. The molecule has 0 N–H and O–H groups in total. The first kappa shape index (κ1) is 19.4. The van der Waals surface area contributed by atoms with Crippen LogP contribution in [0.3, 0.4) is 0 Å². The van der Waals surface area contributed by atoms with Gasteiger partial charge in [0.25, 0.3) is 0 Å². The Balaban J connectivity index is 1.51. The first-order chi connectivity index (χ1) is 14.6. The van der Waals surface area contributed by atoms with Gasteiger partial charge < -0.3 is 14.4 Å². The fourth-order valence-electron chi connectivity index (χ4n) is 5.13. The highest BCUT2D eigenvalue weighted by Crippen LogP contribution is 2.50. The van der Waals surface area contributed by atoms with Crippen molar-refractivity contribution < 1.29 is 9.47 Å². The summed E-state index contributed by atoms with van der Waals surface area (Å²) in [6, 6.07) is 15.1. The van der Waals surface area contributed by atoms with E-state index in [0.717, 1.165) is 61.7 Å². The molecule has 0 amide bonds. The summed E-state index contributed by atoms with van der Waals surface area (Å²) in [4.78, 5) is 2.55. The lowest BCUT2D eigenvalue weighted by Crippen LogP contribution is -2.59. The SMILES string of the molecule is CCCN1CCC2(CC1)Oc1ccc(C)cc1C1CC(c3ccc(OC)cc3)=NN12. The molecule has 0 radical (unpaired) electrons. The third kappa shape index (κ3) is 3.25. The minimum Gasteiger partial charge on any atom is -0.497 e. The Morgan fingerprint density at radius 1 is 1.13 bits per heavy atom. The van der Waals surface area contributed by atoms with Crippen LogP contribution in [0.15, 0.2) is 47.6 Å². The maximum Gasteiger partial charge on any atom is 0.200 e. The highest BCUT2D eigenvalue weighted by molar-refractivity contribution is 6.02. The zero-order valence-electron chi connectivity index (χ0n) is 18.2. The van der Waals surface area contributed by atoms with E-state index < -0.39 is 0 Å². The second-order valence-corrected chi connectivity index (χ2v) is 8.77. The van der Waals surface area contributed by atoms with Crippen molar-refractivity contribution in [2.24, 2.45) is 5.10 Å². The van der Waals surface area contributed by atoms with E-state index >= 15 is 0 Å². The number of methoxy groups -OCH3 is 1. The Morgan fingerprint density at radius 3 is 2.60 bits per heavy atom. The van der Waals surface area contributed by atoms with Crippen molar-refractivity contribution >= 4 is 5.71 Å². The Hall–Kier alpha value is -2.53. The molecule has 3 heterocycles. The smallest absolute Gasteiger partial charge is 0.200 e. The minimum atomic E-state index is -0.342. The standard InChI is InChI=1S/C25H31N3O2/c1-4-13-27-14-11-25(12-15-27)28-23(21-16-18(2)5-10-24(21)30-25)17-22(26-28)19-6-8-20(29-3)9-7-19/h5-10,16,23H,4,11-15,17H2,1-3H3. The van der Waals surface area contributed by atoms with Crippen LogP contribution < -0.4 is 9.47 Å². The summed E-state index contributed by atoms with van der Waals surface area (Å²) >= 11 is 0. The van der Waals surface area contributed by atoms with Gasteiger partial charge in [-0.1, -0.05) is 24.6 Å². The van der Waals surface area contributed by atoms with Gasteiger partial charge in [-0.15, -0.1) is 0 Å². The summed E-state index contributed by atoms with van der Waals surface area (Å²) in [5, 5.41) is 7.48. The van der Waals surface area contributed by atoms with Crippen LogP contribution >= 0.6 is 0 Å². The van der Waals surface area contributed by atoms with Crippen LogP contribution in [0.25, 0.3) is 0 Å². The summed E-state index contributed by atoms with van der Waals surface area (Å²) < 4.78 is 12.1. The van der Waals surface area contributed by atoms with Crippen LogP contribution in [0.4, 0.5) is 0 Å². The van der Waals surface area contributed by atoms with Gasteiger partial charge in [-0.2, -0.15) is 5.10 Å². The molecule has 30 heavy (non-hydrogen) atoms. The zero-order chi connectivity index (χ0) is 20.7. The van der Waals surface area contributed by atoms with Crippen molar-refractivity contribution in [1.82, 2.24) is 9.91 Å². The second-order valence-electron chi connectivity index (χ2n) is 8.77. The van der Waals surface area contributed by atoms with Gasteiger partial charge >= 0.3 is 0 Å². The van der Waals surface area contributed by atoms with Crippen molar-refractivity contribution in [3.63, 3.8) is 0 Å². The predicted octanol–water partition coefficient (Wildman–Crippen LogP) is 4.75. The molecule has 1 saturated heterocycles. The lowest BCUT2D eigenvalue weighted by Gasteiger charge is -2.51. The van der Waals surface area contributed by atoms with Gasteiger partial charge in [0, 0.05) is 37.9 Å². The number of rotatable bonds is 4. The summed E-state index contributed by atoms with van der Waals surface area (Å²) in [5.41, 5.74) is 4.49. The van der Waals surface area contributed by atoms with Crippen molar-refractivity contribution in [2.75, 3.05) is 26.7 Å². The molecule has 0 aromatic heterocycles. The summed E-state index contributed by atoms with van der Waals surface area (Å²) in [7, 11) is 1.70. The topological polar surface area (TPSA) is 37.3 Å². The molecular weight excluding hydrogens is 374 g/mol. The molecule has 1 unspecified atom stereocenters. The van der Waals surface area contributed by atoms with E-state index in [1.165, 1.54) is 17.5 Å². The largest absolute Gasteiger partial charge is 0.497 e. The molecule has 1 atom stereocenters. The van der Waals surface area contributed by atoms with Gasteiger partial charge in [0.1, 0.15) is 11.5 Å². The van der Waals surface area contributed by atoms with Crippen LogP contribution in [-0.2, 0) is 0 Å². The third-order valence-corrected chi connectivity index (χ3v) is 6.75. The Kier molecular flexibility index (Phi) is 4.94. The van der Waals surface area contributed by atoms with E-state index in [-0.39, 0.29) is 11.8 Å². The van der Waals surface area contributed by atoms with Crippen LogP contribution in [0.2, 0.25) is 0 Å². The van der Waals surface area contributed by atoms with Gasteiger partial charge in [-0.05, 0) is 55.8 Å². The molecular formula is C25H31N3O2. The zero-order valence-corrected chi connectivity index (χ0v) is 18.2. The van der Waals surface area contributed by atoms with Gasteiger partial charge in [-0.25, -0.2) is 5.01 Å². The number of benzene rings is 2. The number of piperidine rings is 1. The first-order valence-corrected chi connectivity index (χ1v) is 11.1. The normalized spacial score (nSPS) is 22.3. The average Bonchev–Trinajstić information content (AvgIpc) is 3.23. The van der Waals surface area contributed by atoms with Gasteiger partial charge in [-0.3, -0.25) is 0 Å². The second kappa shape index (κ2) is 7.62. The van der Waals surface area contributed by atoms with Crippen molar-refractivity contribution in [3.8, 4) is 11.5 Å². The summed E-state index contributed by atoms with van der Waals surface area (Å²) in [6.45, 7) is 7.69. The highest BCUT2D eigenvalue weighted by Gasteiger charge is 2.51. The van der Waals surface area contributed by atoms with Crippen LogP contribution in [0.1, 0.15) is 55.3 Å². The Bertz CT molecular complexity index is 945. The highest BCUT2D eigenvalue weighted by atomic mass is 16.5. The number of ether oxygens (including phenoxy) is 2. The number of nitrogens with zero attached hydrogens (tertiary/aromatic N) is 3. The van der Waals surface area contributed by atoms with E-state index in [1.54, 1.807) is 7.11 Å². The number of fused-ring (bicyclic) bond motifs is 4. The lowest BCUT2D eigenvalue weighted by molar-refractivity contribution is -0.149. The molecule has 0 bridgehead atoms. The van der Waals surface area contributed by atoms with Gasteiger partial charge in [0.2, 0.25) is 5.72 Å². The molecule has 5 rings (SSSR count). The maximum atomic E-state index is 6.75. The van der Waals surface area contributed by atoms with Crippen LogP contribution in [-0.4, -0.2) is 48.1 Å². The van der Waals surface area contributed by atoms with E-state index in [0.29, 0.717) is 0 Å². The molecule has 2 aromatic carbocycles. The van der Waals surface area contributed by atoms with Gasteiger partial charge in [0.05, 0.1) is 18.9 Å². The van der Waals surface area contributed by atoms with Crippen LogP contribution in [0.5, 0.6) is 11.5 Å². The monoisotopic (exact) mass is 405 g/mol. The molecule has 3 aliphatic heterocycles. The molecule has 5 nitrogen and oxygen atoms in total. The lowest BCUT2D eigenvalue weighted by atomic mass is 9.90. The third-order valence-electron chi connectivity index (χ3n) is 6.75. The number of hydrogen-bond acceptors (Lipinski definition) is 5. The average molecular weight is 406 g/mol. The van der Waals surface area contributed by atoms with E-state index in [4.69, 9.17) is 14.6 Å². The molecule has 1 spiro atoms. The molecule has 158 valence electrons. The summed E-state index contributed by atoms with van der Waals surface area (Å²) in [5.74, 6) is 1.91. The quantitative estimate of drug-likeness (QED) is 0.736. The van der Waals surface area contributed by atoms with Crippen molar-refractivity contribution in [3.05, 3.63) is 59.2 Å². The number of hydrogen-bond donors (Lipinski definition) is 0. The molecule has 5 heteroatoms. The molecule has 3 aliphatic rings. The number of likely N-dealkylation sites (tertiary alicyclic amines) is 1. The molecule has 0 saturated carbocycles. The minimum absolute atomic E-state index is 0.239. The Labute approximate surface area is 179 Å². The van der Waals surface area contributed by atoms with Crippen molar-refractivity contribution in [2.45, 2.75) is 51.3 Å². The van der Waals surface area contributed by atoms with E-state index in [1.807, 2.05) is 12.1 Å². The fourth-order valence-corrected chi connectivity index (χ4v) is 5.13. The predicted molar refractivity (Wildman–Crippen MR) is 119 cm³/mol. The van der Waals surface area contributed by atoms with Crippen LogP contribution in [0, 0.1) is 6.92 Å². The van der Waals surface area contributed by atoms with Gasteiger partial charge in [0.15, 0.2) is 0 Å².